The molecule has 3 heteroatoms. The van der Waals surface area contributed by atoms with Crippen LogP contribution in [0.4, 0.5) is 0 Å². The fourth-order valence-corrected chi connectivity index (χ4v) is 2.84. The predicted molar refractivity (Wildman–Crippen MR) is 77.7 cm³/mol. The Hall–Kier alpha value is -2.55. The number of carbonyl (C=O) groups is 1. The van der Waals surface area contributed by atoms with E-state index in [0.717, 1.165) is 38.3 Å². The summed E-state index contributed by atoms with van der Waals surface area (Å²) in [6.07, 6.45) is 1.80. The first-order valence-corrected chi connectivity index (χ1v) is 6.27. The molecule has 0 aliphatic heterocycles. The Labute approximate surface area is 109 Å². The summed E-state index contributed by atoms with van der Waals surface area (Å²) >= 11 is 0. The average Bonchev–Trinajstić information content (AvgIpc) is 2.98. The highest BCUT2D eigenvalue weighted by atomic mass is 16.1. The van der Waals surface area contributed by atoms with Crippen LogP contribution >= 0.6 is 0 Å². The van der Waals surface area contributed by atoms with Gasteiger partial charge in [0, 0.05) is 44.5 Å². The summed E-state index contributed by atoms with van der Waals surface area (Å²) in [7, 11) is 0. The molecule has 0 atom stereocenters. The minimum Gasteiger partial charge on any atom is -0.360 e. The first-order chi connectivity index (χ1) is 9.25. The average molecular weight is 248 g/mol. The normalized spacial score (nSPS) is 11.6. The highest BCUT2D eigenvalue weighted by molar-refractivity contribution is 6.24. The molecule has 0 amide bonds. The van der Waals surface area contributed by atoms with Gasteiger partial charge in [0.15, 0.2) is 5.78 Å². The summed E-state index contributed by atoms with van der Waals surface area (Å²) < 4.78 is 0. The van der Waals surface area contributed by atoms with Gasteiger partial charge in [-0.15, -0.1) is 0 Å². The van der Waals surface area contributed by atoms with Crippen LogP contribution in [0.1, 0.15) is 17.3 Å². The number of carbonyl (C=O) groups excluding carboxylic acids is 1. The van der Waals surface area contributed by atoms with E-state index in [0.29, 0.717) is 0 Å². The molecule has 0 saturated carbocycles. The molecule has 0 saturated heterocycles. The van der Waals surface area contributed by atoms with Gasteiger partial charge in [-0.2, -0.15) is 0 Å². The van der Waals surface area contributed by atoms with Gasteiger partial charge in [-0.1, -0.05) is 18.2 Å². The van der Waals surface area contributed by atoms with Crippen molar-refractivity contribution in [2.75, 3.05) is 0 Å². The molecule has 0 unspecified atom stereocenters. The first kappa shape index (κ1) is 10.4. The fraction of sp³-hybridized carbons (Fsp3) is 0.0625. The number of ketones is 1. The van der Waals surface area contributed by atoms with E-state index >= 15 is 0 Å². The number of fused-ring (bicyclic) bond motifs is 5. The van der Waals surface area contributed by atoms with Gasteiger partial charge in [-0.05, 0) is 25.1 Å². The number of H-pyrrole nitrogens is 2. The molecule has 2 heterocycles. The van der Waals surface area contributed by atoms with E-state index in [2.05, 4.69) is 28.2 Å². The molecule has 0 spiro atoms. The number of rotatable bonds is 1. The van der Waals surface area contributed by atoms with Crippen molar-refractivity contribution in [2.24, 2.45) is 0 Å². The Balaban J connectivity index is 2.34. The summed E-state index contributed by atoms with van der Waals surface area (Å²) in [5, 5.41) is 3.30. The number of hydrogen-bond donors (Lipinski definition) is 2. The molecule has 4 aromatic rings. The zero-order valence-corrected chi connectivity index (χ0v) is 10.4. The van der Waals surface area contributed by atoms with Gasteiger partial charge in [0.2, 0.25) is 0 Å². The second-order valence-electron chi connectivity index (χ2n) is 4.84. The Kier molecular flexibility index (Phi) is 1.90. The molecule has 2 aromatic carbocycles. The first-order valence-electron chi connectivity index (χ1n) is 6.27. The summed E-state index contributed by atoms with van der Waals surface area (Å²) in [6, 6.07) is 12.2. The molecular formula is C16H12N2O. The van der Waals surface area contributed by atoms with Crippen molar-refractivity contribution in [3.63, 3.8) is 0 Å². The third-order valence-electron chi connectivity index (χ3n) is 3.69. The predicted octanol–water partition coefficient (Wildman–Crippen LogP) is 4.01. The van der Waals surface area contributed by atoms with E-state index in [-0.39, 0.29) is 5.78 Å². The lowest BCUT2D eigenvalue weighted by molar-refractivity contribution is 0.101. The van der Waals surface area contributed by atoms with E-state index in [1.165, 1.54) is 0 Å². The van der Waals surface area contributed by atoms with Crippen LogP contribution in [0, 0.1) is 0 Å². The largest absolute Gasteiger partial charge is 0.360 e. The SMILES string of the molecule is CC(=O)c1c[nH]c2ccc3[nH]c4ccccc4c3c12. The second kappa shape index (κ2) is 3.48. The summed E-state index contributed by atoms with van der Waals surface area (Å²) in [5.41, 5.74) is 3.92. The van der Waals surface area contributed by atoms with Gasteiger partial charge in [-0.3, -0.25) is 4.79 Å². The van der Waals surface area contributed by atoms with Crippen molar-refractivity contribution in [1.82, 2.24) is 9.97 Å². The van der Waals surface area contributed by atoms with Crippen LogP contribution in [0.3, 0.4) is 0 Å². The van der Waals surface area contributed by atoms with Crippen LogP contribution in [0.25, 0.3) is 32.7 Å². The minimum atomic E-state index is 0.0871. The Morgan fingerprint density at radius 3 is 2.58 bits per heavy atom. The molecule has 0 radical (unpaired) electrons. The number of aromatic amines is 2. The minimum absolute atomic E-state index is 0.0871. The number of hydrogen-bond acceptors (Lipinski definition) is 1. The highest BCUT2D eigenvalue weighted by Crippen LogP contribution is 2.33. The summed E-state index contributed by atoms with van der Waals surface area (Å²) in [6.45, 7) is 1.61. The van der Waals surface area contributed by atoms with E-state index in [1.54, 1.807) is 13.1 Å². The molecule has 3 nitrogen and oxygen atoms in total. The molecular weight excluding hydrogens is 236 g/mol. The number of aromatic nitrogens is 2. The van der Waals surface area contributed by atoms with Gasteiger partial charge in [-0.25, -0.2) is 0 Å². The highest BCUT2D eigenvalue weighted by Gasteiger charge is 2.14. The molecule has 2 N–H and O–H groups in total. The van der Waals surface area contributed by atoms with Crippen LogP contribution in [0.15, 0.2) is 42.6 Å². The lowest BCUT2D eigenvalue weighted by Gasteiger charge is -1.97. The Morgan fingerprint density at radius 2 is 1.74 bits per heavy atom. The number of nitrogens with one attached hydrogen (secondary N) is 2. The van der Waals surface area contributed by atoms with Gasteiger partial charge in [0.25, 0.3) is 0 Å². The maximum atomic E-state index is 11.8. The molecule has 4 rings (SSSR count). The smallest absolute Gasteiger partial charge is 0.161 e. The molecule has 0 fully saturated rings. The van der Waals surface area contributed by atoms with Gasteiger partial charge < -0.3 is 9.97 Å². The van der Waals surface area contributed by atoms with Crippen LogP contribution in [0.2, 0.25) is 0 Å². The summed E-state index contributed by atoms with van der Waals surface area (Å²) in [4.78, 5) is 18.4. The van der Waals surface area contributed by atoms with Crippen LogP contribution < -0.4 is 0 Å². The van der Waals surface area contributed by atoms with E-state index in [9.17, 15) is 4.79 Å². The number of para-hydroxylation sites is 1. The van der Waals surface area contributed by atoms with E-state index < -0.39 is 0 Å². The molecule has 0 aliphatic carbocycles. The molecule has 0 aliphatic rings. The standard InChI is InChI=1S/C16H12N2O/c1-9(19)11-8-17-13-6-7-14-15(16(11)13)10-4-2-3-5-12(10)18-14/h2-8,17-18H,1H3. The molecule has 19 heavy (non-hydrogen) atoms. The molecule has 92 valence electrons. The maximum Gasteiger partial charge on any atom is 0.161 e. The fourth-order valence-electron chi connectivity index (χ4n) is 2.84. The lowest BCUT2D eigenvalue weighted by Crippen LogP contribution is -1.89. The van der Waals surface area contributed by atoms with E-state index in [1.807, 2.05) is 18.2 Å². The van der Waals surface area contributed by atoms with E-state index in [4.69, 9.17) is 0 Å². The van der Waals surface area contributed by atoms with Gasteiger partial charge in [0.1, 0.15) is 0 Å². The van der Waals surface area contributed by atoms with Crippen molar-refractivity contribution >= 4 is 38.5 Å². The topological polar surface area (TPSA) is 48.6 Å². The molecule has 0 bridgehead atoms. The van der Waals surface area contributed by atoms with Crippen LogP contribution in [-0.4, -0.2) is 15.8 Å². The van der Waals surface area contributed by atoms with Crippen LogP contribution in [-0.2, 0) is 0 Å². The zero-order valence-electron chi connectivity index (χ0n) is 10.4. The third kappa shape index (κ3) is 1.30. The van der Waals surface area contributed by atoms with Gasteiger partial charge >= 0.3 is 0 Å². The Bertz CT molecular complexity index is 943. The maximum absolute atomic E-state index is 11.8. The Morgan fingerprint density at radius 1 is 0.947 bits per heavy atom. The third-order valence-corrected chi connectivity index (χ3v) is 3.69. The lowest BCUT2D eigenvalue weighted by atomic mass is 10.0. The van der Waals surface area contributed by atoms with Crippen molar-refractivity contribution in [3.05, 3.63) is 48.2 Å². The van der Waals surface area contributed by atoms with Crippen molar-refractivity contribution in [3.8, 4) is 0 Å². The van der Waals surface area contributed by atoms with Crippen LogP contribution in [0.5, 0.6) is 0 Å². The van der Waals surface area contributed by atoms with Crippen molar-refractivity contribution in [2.45, 2.75) is 6.92 Å². The number of benzene rings is 2. The monoisotopic (exact) mass is 248 g/mol. The van der Waals surface area contributed by atoms with Gasteiger partial charge in [0.05, 0.1) is 0 Å². The number of Topliss-reactive ketones (excluding diaryl/α,β-unsaturated/α-hetero) is 1. The van der Waals surface area contributed by atoms with Crippen molar-refractivity contribution in [1.29, 1.82) is 0 Å². The molecule has 2 aromatic heterocycles. The summed E-state index contributed by atoms with van der Waals surface area (Å²) in [5.74, 6) is 0.0871. The van der Waals surface area contributed by atoms with Crippen molar-refractivity contribution < 1.29 is 4.79 Å². The quantitative estimate of drug-likeness (QED) is 0.491. The second-order valence-corrected chi connectivity index (χ2v) is 4.84. The zero-order chi connectivity index (χ0) is 13.0.